The summed E-state index contributed by atoms with van der Waals surface area (Å²) >= 11 is 1.56. The van der Waals surface area contributed by atoms with Crippen LogP contribution in [0.5, 0.6) is 5.75 Å². The zero-order valence-electron chi connectivity index (χ0n) is 11.1. The maximum absolute atomic E-state index is 5.91. The third kappa shape index (κ3) is 2.14. The normalized spacial score (nSPS) is 10.7. The first kappa shape index (κ1) is 12.7. The second kappa shape index (κ2) is 4.97. The van der Waals surface area contributed by atoms with Crippen LogP contribution in [-0.4, -0.2) is 17.3 Å². The van der Waals surface area contributed by atoms with Crippen molar-refractivity contribution < 1.29 is 9.26 Å². The molecule has 0 radical (unpaired) electrons. The maximum Gasteiger partial charge on any atom is 0.230 e. The highest BCUT2D eigenvalue weighted by Crippen LogP contribution is 2.38. The number of aryl methyl sites for hydroxylation is 1. The lowest BCUT2D eigenvalue weighted by molar-refractivity contribution is 0.415. The maximum atomic E-state index is 5.91. The molecule has 0 amide bonds. The zero-order chi connectivity index (χ0) is 14.1. The summed E-state index contributed by atoms with van der Waals surface area (Å²) in [6.07, 6.45) is 1.78. The lowest BCUT2D eigenvalue weighted by Crippen LogP contribution is -1.87. The van der Waals surface area contributed by atoms with Crippen LogP contribution in [-0.2, 0) is 0 Å². The number of nitrogens with two attached hydrogens (primary N) is 1. The van der Waals surface area contributed by atoms with Crippen LogP contribution in [0.25, 0.3) is 21.7 Å². The van der Waals surface area contributed by atoms with Gasteiger partial charge in [0.1, 0.15) is 11.4 Å². The molecule has 0 unspecified atom stereocenters. The first-order valence-electron chi connectivity index (χ1n) is 6.01. The summed E-state index contributed by atoms with van der Waals surface area (Å²) in [5.74, 6) is 1.09. The number of nitrogen functional groups attached to an aromatic ring is 1. The van der Waals surface area contributed by atoms with Crippen molar-refractivity contribution in [3.63, 3.8) is 0 Å². The molecule has 0 fully saturated rings. The molecule has 3 aromatic rings. The summed E-state index contributed by atoms with van der Waals surface area (Å²) in [5.41, 5.74) is 8.36. The van der Waals surface area contributed by atoms with E-state index in [0.717, 1.165) is 32.5 Å². The van der Waals surface area contributed by atoms with E-state index in [9.17, 15) is 0 Å². The van der Waals surface area contributed by atoms with E-state index >= 15 is 0 Å². The number of rotatable bonds is 3. The van der Waals surface area contributed by atoms with Crippen molar-refractivity contribution in [1.29, 1.82) is 0 Å². The molecule has 6 heteroatoms. The SMILES string of the molecule is COc1ccc(-c2c(-c3cnc(C)s3)noc2N)cc1. The molecule has 0 bridgehead atoms. The smallest absolute Gasteiger partial charge is 0.230 e. The number of methoxy groups -OCH3 is 1. The third-order valence-electron chi connectivity index (χ3n) is 2.95. The Balaban J connectivity index is 2.10. The van der Waals surface area contributed by atoms with Gasteiger partial charge in [0.2, 0.25) is 5.88 Å². The van der Waals surface area contributed by atoms with E-state index in [2.05, 4.69) is 10.1 Å². The van der Waals surface area contributed by atoms with Gasteiger partial charge in [-0.05, 0) is 24.6 Å². The molecule has 0 saturated carbocycles. The molecular weight excluding hydrogens is 274 g/mol. The predicted octanol–water partition coefficient (Wildman–Crippen LogP) is 3.36. The van der Waals surface area contributed by atoms with E-state index in [1.807, 2.05) is 31.2 Å². The second-order valence-corrected chi connectivity index (χ2v) is 5.48. The first-order chi connectivity index (χ1) is 9.69. The van der Waals surface area contributed by atoms with Gasteiger partial charge in [0.25, 0.3) is 0 Å². The van der Waals surface area contributed by atoms with Gasteiger partial charge in [0.15, 0.2) is 0 Å². The number of nitrogens with zero attached hydrogens (tertiary/aromatic N) is 2. The van der Waals surface area contributed by atoms with Gasteiger partial charge in [-0.3, -0.25) is 0 Å². The van der Waals surface area contributed by atoms with Crippen LogP contribution in [0.4, 0.5) is 5.88 Å². The molecule has 0 aliphatic heterocycles. The molecule has 0 spiro atoms. The molecule has 0 aliphatic carbocycles. The molecule has 20 heavy (non-hydrogen) atoms. The summed E-state index contributed by atoms with van der Waals surface area (Å²) in [6.45, 7) is 1.95. The summed E-state index contributed by atoms with van der Waals surface area (Å²) in [7, 11) is 1.63. The fraction of sp³-hybridized carbons (Fsp3) is 0.143. The van der Waals surface area contributed by atoms with Crippen LogP contribution in [0.15, 0.2) is 35.0 Å². The minimum Gasteiger partial charge on any atom is -0.497 e. The van der Waals surface area contributed by atoms with Crippen molar-refractivity contribution >= 4 is 17.2 Å². The number of ether oxygens (including phenoxy) is 1. The quantitative estimate of drug-likeness (QED) is 0.799. The van der Waals surface area contributed by atoms with Crippen molar-refractivity contribution in [2.75, 3.05) is 12.8 Å². The van der Waals surface area contributed by atoms with Gasteiger partial charge in [-0.1, -0.05) is 17.3 Å². The Kier molecular flexibility index (Phi) is 3.15. The van der Waals surface area contributed by atoms with Crippen LogP contribution in [0, 0.1) is 6.92 Å². The number of thiazole rings is 1. The molecule has 2 aromatic heterocycles. The largest absolute Gasteiger partial charge is 0.497 e. The van der Waals surface area contributed by atoms with E-state index < -0.39 is 0 Å². The first-order valence-corrected chi connectivity index (χ1v) is 6.83. The molecule has 2 heterocycles. The highest BCUT2D eigenvalue weighted by Gasteiger charge is 2.19. The number of aromatic nitrogens is 2. The lowest BCUT2D eigenvalue weighted by Gasteiger charge is -2.03. The highest BCUT2D eigenvalue weighted by molar-refractivity contribution is 7.15. The van der Waals surface area contributed by atoms with Crippen LogP contribution >= 0.6 is 11.3 Å². The summed E-state index contributed by atoms with van der Waals surface area (Å²) in [4.78, 5) is 5.18. The van der Waals surface area contributed by atoms with Crippen molar-refractivity contribution in [3.05, 3.63) is 35.5 Å². The average molecular weight is 287 g/mol. The Morgan fingerprint density at radius 3 is 2.60 bits per heavy atom. The molecule has 0 saturated heterocycles. The molecule has 3 rings (SSSR count). The highest BCUT2D eigenvalue weighted by atomic mass is 32.1. The fourth-order valence-corrected chi connectivity index (χ4v) is 2.74. The van der Waals surface area contributed by atoms with E-state index in [-0.39, 0.29) is 0 Å². The van der Waals surface area contributed by atoms with E-state index in [1.165, 1.54) is 0 Å². The van der Waals surface area contributed by atoms with Crippen molar-refractivity contribution in [2.24, 2.45) is 0 Å². The number of hydrogen-bond donors (Lipinski definition) is 1. The number of anilines is 1. The van der Waals surface area contributed by atoms with Gasteiger partial charge in [-0.25, -0.2) is 4.98 Å². The topological polar surface area (TPSA) is 74.2 Å². The summed E-state index contributed by atoms with van der Waals surface area (Å²) < 4.78 is 10.3. The minimum atomic E-state index is 0.302. The van der Waals surface area contributed by atoms with Gasteiger partial charge >= 0.3 is 0 Å². The summed E-state index contributed by atoms with van der Waals surface area (Å²) in [5, 5.41) is 5.03. The van der Waals surface area contributed by atoms with Gasteiger partial charge in [-0.15, -0.1) is 11.3 Å². The Hall–Kier alpha value is -2.34. The van der Waals surface area contributed by atoms with E-state index in [4.69, 9.17) is 15.0 Å². The molecule has 5 nitrogen and oxygen atoms in total. The van der Waals surface area contributed by atoms with Crippen LogP contribution in [0.2, 0.25) is 0 Å². The van der Waals surface area contributed by atoms with Gasteiger partial charge < -0.3 is 15.0 Å². The lowest BCUT2D eigenvalue weighted by atomic mass is 10.0. The summed E-state index contributed by atoms with van der Waals surface area (Å²) in [6, 6.07) is 7.62. The predicted molar refractivity (Wildman–Crippen MR) is 78.7 cm³/mol. The van der Waals surface area contributed by atoms with Gasteiger partial charge in [0.05, 0.1) is 22.6 Å². The molecule has 1 aromatic carbocycles. The molecule has 102 valence electrons. The van der Waals surface area contributed by atoms with Crippen molar-refractivity contribution in [1.82, 2.24) is 10.1 Å². The molecule has 0 aliphatic rings. The zero-order valence-corrected chi connectivity index (χ0v) is 11.9. The standard InChI is InChI=1S/C14H13N3O2S/c1-8-16-7-11(20-8)13-12(14(15)19-17-13)9-3-5-10(18-2)6-4-9/h3-7H,15H2,1-2H3. The fourth-order valence-electron chi connectivity index (χ4n) is 1.98. The minimum absolute atomic E-state index is 0.302. The van der Waals surface area contributed by atoms with Crippen molar-refractivity contribution in [3.8, 4) is 27.4 Å². The van der Waals surface area contributed by atoms with Crippen LogP contribution < -0.4 is 10.5 Å². The average Bonchev–Trinajstić information content (AvgIpc) is 3.05. The van der Waals surface area contributed by atoms with E-state index in [1.54, 1.807) is 24.6 Å². The van der Waals surface area contributed by atoms with Crippen LogP contribution in [0.1, 0.15) is 5.01 Å². The van der Waals surface area contributed by atoms with E-state index in [0.29, 0.717) is 5.88 Å². The molecular formula is C14H13N3O2S. The third-order valence-corrected chi connectivity index (χ3v) is 3.87. The Bertz CT molecular complexity index is 731. The van der Waals surface area contributed by atoms with Gasteiger partial charge in [0, 0.05) is 6.20 Å². The van der Waals surface area contributed by atoms with Crippen molar-refractivity contribution in [2.45, 2.75) is 6.92 Å². The Labute approximate surface area is 120 Å². The van der Waals surface area contributed by atoms with Crippen LogP contribution in [0.3, 0.4) is 0 Å². The molecule has 2 N–H and O–H groups in total. The number of hydrogen-bond acceptors (Lipinski definition) is 6. The monoisotopic (exact) mass is 287 g/mol. The van der Waals surface area contributed by atoms with Gasteiger partial charge in [-0.2, -0.15) is 0 Å². The molecule has 0 atom stereocenters. The Morgan fingerprint density at radius 2 is 2.00 bits per heavy atom. The number of benzene rings is 1. The second-order valence-electron chi connectivity index (χ2n) is 4.24. The Morgan fingerprint density at radius 1 is 1.25 bits per heavy atom.